The van der Waals surface area contributed by atoms with Gasteiger partial charge in [0.05, 0.1) is 19.8 Å². The Balaban J connectivity index is 2.29. The molecule has 0 saturated carbocycles. The zero-order chi connectivity index (χ0) is 15.6. The number of hydrogen-bond donors (Lipinski definition) is 0. The molecular formula is C15H18FNO4. The summed E-state index contributed by atoms with van der Waals surface area (Å²) in [5, 5.41) is 0. The molecule has 114 valence electrons. The first-order valence-corrected chi connectivity index (χ1v) is 6.68. The lowest BCUT2D eigenvalue weighted by atomic mass is 10.1. The predicted molar refractivity (Wildman–Crippen MR) is 73.5 cm³/mol. The van der Waals surface area contributed by atoms with Gasteiger partial charge < -0.3 is 14.4 Å². The van der Waals surface area contributed by atoms with Crippen LogP contribution in [-0.4, -0.2) is 37.5 Å². The molecule has 0 aromatic heterocycles. The fourth-order valence-corrected chi connectivity index (χ4v) is 2.50. The molecular weight excluding hydrogens is 277 g/mol. The van der Waals surface area contributed by atoms with Crippen LogP contribution in [0.3, 0.4) is 0 Å². The summed E-state index contributed by atoms with van der Waals surface area (Å²) in [6.07, 6.45) is 0.505. The van der Waals surface area contributed by atoms with Crippen LogP contribution in [-0.2, 0) is 16.1 Å². The molecule has 0 aliphatic carbocycles. The summed E-state index contributed by atoms with van der Waals surface area (Å²) >= 11 is 0. The maximum Gasteiger partial charge on any atom is 0.340 e. The average Bonchev–Trinajstić information content (AvgIpc) is 2.76. The van der Waals surface area contributed by atoms with Crippen LogP contribution in [0.25, 0.3) is 0 Å². The Morgan fingerprint density at radius 1 is 1.43 bits per heavy atom. The highest BCUT2D eigenvalue weighted by molar-refractivity contribution is 5.90. The first-order chi connectivity index (χ1) is 9.96. The Morgan fingerprint density at radius 2 is 2.14 bits per heavy atom. The van der Waals surface area contributed by atoms with E-state index in [-0.39, 0.29) is 18.0 Å². The second-order valence-electron chi connectivity index (χ2n) is 5.22. The molecule has 0 bridgehead atoms. The fraction of sp³-hybridized carbons (Fsp3) is 0.467. The van der Waals surface area contributed by atoms with E-state index in [0.29, 0.717) is 30.2 Å². The summed E-state index contributed by atoms with van der Waals surface area (Å²) in [6.45, 7) is 2.91. The third kappa shape index (κ3) is 3.15. The molecule has 1 amide bonds. The minimum atomic E-state index is -0.761. The van der Waals surface area contributed by atoms with Gasteiger partial charge in [-0.25, -0.2) is 9.18 Å². The third-order valence-corrected chi connectivity index (χ3v) is 3.54. The van der Waals surface area contributed by atoms with Crippen LogP contribution < -0.4 is 4.74 Å². The predicted octanol–water partition coefficient (Wildman–Crippen LogP) is 1.99. The van der Waals surface area contributed by atoms with Crippen molar-refractivity contribution in [3.63, 3.8) is 0 Å². The van der Waals surface area contributed by atoms with Crippen LogP contribution in [0.1, 0.15) is 29.3 Å². The van der Waals surface area contributed by atoms with Crippen molar-refractivity contribution in [3.8, 4) is 5.75 Å². The number of carbonyl (C=O) groups excluding carboxylic acids is 2. The maximum atomic E-state index is 14.0. The lowest BCUT2D eigenvalue weighted by molar-refractivity contribution is -0.128. The second-order valence-corrected chi connectivity index (χ2v) is 5.22. The van der Waals surface area contributed by atoms with Gasteiger partial charge in [-0.15, -0.1) is 0 Å². The molecule has 0 N–H and O–H groups in total. The van der Waals surface area contributed by atoms with Gasteiger partial charge in [0.2, 0.25) is 5.91 Å². The van der Waals surface area contributed by atoms with E-state index in [2.05, 4.69) is 4.74 Å². The quantitative estimate of drug-likeness (QED) is 0.797. The standard InChI is InChI=1S/C15H18FNO4/c1-9-4-14(18)17(7-9)8-10-5-12(16)11(15(19)21-3)6-13(10)20-2/h5-6,9H,4,7-8H2,1-3H3. The number of halogens is 1. The molecule has 1 atom stereocenters. The van der Waals surface area contributed by atoms with Gasteiger partial charge in [0.25, 0.3) is 0 Å². The van der Waals surface area contributed by atoms with E-state index in [4.69, 9.17) is 4.74 Å². The fourth-order valence-electron chi connectivity index (χ4n) is 2.50. The minimum Gasteiger partial charge on any atom is -0.496 e. The lowest BCUT2D eigenvalue weighted by Gasteiger charge is -2.18. The van der Waals surface area contributed by atoms with Crippen molar-refractivity contribution in [1.82, 2.24) is 4.90 Å². The second kappa shape index (κ2) is 6.11. The van der Waals surface area contributed by atoms with Crippen molar-refractivity contribution in [2.45, 2.75) is 19.9 Å². The Bertz CT molecular complexity index is 573. The molecule has 1 unspecified atom stereocenters. The monoisotopic (exact) mass is 295 g/mol. The summed E-state index contributed by atoms with van der Waals surface area (Å²) in [4.78, 5) is 24.9. The van der Waals surface area contributed by atoms with E-state index in [1.165, 1.54) is 26.4 Å². The highest BCUT2D eigenvalue weighted by atomic mass is 19.1. The van der Waals surface area contributed by atoms with Crippen LogP contribution in [0.15, 0.2) is 12.1 Å². The summed E-state index contributed by atoms with van der Waals surface area (Å²) in [5.74, 6) is -0.741. The number of likely N-dealkylation sites (tertiary alicyclic amines) is 1. The normalized spacial score (nSPS) is 18.0. The van der Waals surface area contributed by atoms with Crippen LogP contribution in [0.4, 0.5) is 4.39 Å². The first-order valence-electron chi connectivity index (χ1n) is 6.68. The Labute approximate surface area is 122 Å². The van der Waals surface area contributed by atoms with Crippen LogP contribution in [0.5, 0.6) is 5.75 Å². The van der Waals surface area contributed by atoms with E-state index in [9.17, 15) is 14.0 Å². The number of esters is 1. The molecule has 0 spiro atoms. The molecule has 1 saturated heterocycles. The van der Waals surface area contributed by atoms with Crippen molar-refractivity contribution < 1.29 is 23.5 Å². The molecule has 1 fully saturated rings. The molecule has 2 rings (SSSR count). The minimum absolute atomic E-state index is 0.0435. The van der Waals surface area contributed by atoms with Crippen molar-refractivity contribution in [2.75, 3.05) is 20.8 Å². The van der Waals surface area contributed by atoms with Crippen molar-refractivity contribution in [2.24, 2.45) is 5.92 Å². The van der Waals surface area contributed by atoms with Gasteiger partial charge in [-0.05, 0) is 18.1 Å². The average molecular weight is 295 g/mol. The number of amides is 1. The number of carbonyl (C=O) groups is 2. The largest absolute Gasteiger partial charge is 0.496 e. The van der Waals surface area contributed by atoms with Gasteiger partial charge in [-0.3, -0.25) is 4.79 Å². The Kier molecular flexibility index (Phi) is 4.45. The van der Waals surface area contributed by atoms with Crippen molar-refractivity contribution in [1.29, 1.82) is 0 Å². The number of methoxy groups -OCH3 is 2. The van der Waals surface area contributed by atoms with E-state index in [0.717, 1.165) is 0 Å². The zero-order valence-electron chi connectivity index (χ0n) is 12.3. The van der Waals surface area contributed by atoms with E-state index in [1.54, 1.807) is 4.90 Å². The summed E-state index contributed by atoms with van der Waals surface area (Å²) < 4.78 is 23.7. The Morgan fingerprint density at radius 3 is 2.67 bits per heavy atom. The number of benzene rings is 1. The number of hydrogen-bond acceptors (Lipinski definition) is 4. The third-order valence-electron chi connectivity index (χ3n) is 3.54. The Hall–Kier alpha value is -2.11. The molecule has 6 heteroatoms. The van der Waals surface area contributed by atoms with Crippen LogP contribution >= 0.6 is 0 Å². The number of ether oxygens (including phenoxy) is 2. The van der Waals surface area contributed by atoms with Gasteiger partial charge in [0.15, 0.2) is 0 Å². The molecule has 5 nitrogen and oxygen atoms in total. The van der Waals surface area contributed by atoms with Crippen molar-refractivity contribution in [3.05, 3.63) is 29.1 Å². The van der Waals surface area contributed by atoms with Gasteiger partial charge in [-0.1, -0.05) is 6.92 Å². The number of nitrogens with zero attached hydrogens (tertiary/aromatic N) is 1. The van der Waals surface area contributed by atoms with Crippen molar-refractivity contribution >= 4 is 11.9 Å². The zero-order valence-corrected chi connectivity index (χ0v) is 12.3. The topological polar surface area (TPSA) is 55.8 Å². The summed E-state index contributed by atoms with van der Waals surface area (Å²) in [7, 11) is 2.62. The maximum absolute atomic E-state index is 14.0. The molecule has 1 heterocycles. The summed E-state index contributed by atoms with van der Waals surface area (Å²) in [5.41, 5.74) is 0.351. The van der Waals surface area contributed by atoms with E-state index < -0.39 is 11.8 Å². The molecule has 0 radical (unpaired) electrons. The molecule has 1 aromatic carbocycles. The first kappa shape index (κ1) is 15.3. The van der Waals surface area contributed by atoms with E-state index >= 15 is 0 Å². The molecule has 21 heavy (non-hydrogen) atoms. The van der Waals surface area contributed by atoms with Crippen LogP contribution in [0.2, 0.25) is 0 Å². The summed E-state index contributed by atoms with van der Waals surface area (Å²) in [6, 6.07) is 2.53. The van der Waals surface area contributed by atoms with Crippen LogP contribution in [0, 0.1) is 11.7 Å². The van der Waals surface area contributed by atoms with Gasteiger partial charge in [-0.2, -0.15) is 0 Å². The van der Waals surface area contributed by atoms with Gasteiger partial charge in [0.1, 0.15) is 11.6 Å². The highest BCUT2D eigenvalue weighted by Gasteiger charge is 2.27. The molecule has 1 aromatic rings. The van der Waals surface area contributed by atoms with Gasteiger partial charge in [0, 0.05) is 25.1 Å². The number of rotatable bonds is 4. The van der Waals surface area contributed by atoms with Gasteiger partial charge >= 0.3 is 5.97 Å². The molecule has 1 aliphatic rings. The highest BCUT2D eigenvalue weighted by Crippen LogP contribution is 2.27. The smallest absolute Gasteiger partial charge is 0.340 e. The van der Waals surface area contributed by atoms with E-state index in [1.807, 2.05) is 6.92 Å². The lowest BCUT2D eigenvalue weighted by Crippen LogP contribution is -2.25. The molecule has 1 aliphatic heterocycles. The SMILES string of the molecule is COC(=O)c1cc(OC)c(CN2CC(C)CC2=O)cc1F.